The van der Waals surface area contributed by atoms with Crippen LogP contribution < -0.4 is 10.1 Å². The van der Waals surface area contributed by atoms with Crippen molar-refractivity contribution in [3.8, 4) is 17.1 Å². The molecule has 1 saturated heterocycles. The molecule has 0 spiro atoms. The monoisotopic (exact) mass is 487 g/mol. The third-order valence-corrected chi connectivity index (χ3v) is 6.72. The maximum Gasteiger partial charge on any atom is 0.214 e. The van der Waals surface area contributed by atoms with Gasteiger partial charge in [0, 0.05) is 79.6 Å². The molecule has 0 radical (unpaired) electrons. The summed E-state index contributed by atoms with van der Waals surface area (Å²) in [6.45, 7) is 3.79. The number of ether oxygens (including phenoxy) is 1. The lowest BCUT2D eigenvalue weighted by molar-refractivity contribution is 0.0989. The first-order valence-electron chi connectivity index (χ1n) is 12.1. The van der Waals surface area contributed by atoms with Gasteiger partial charge >= 0.3 is 0 Å². The maximum absolute atomic E-state index is 13.0. The molecular formula is C26H26FN7O2. The average molecular weight is 488 g/mol. The van der Waals surface area contributed by atoms with Gasteiger partial charge in [0.15, 0.2) is 5.78 Å². The topological polar surface area (TPSA) is 98.1 Å². The van der Waals surface area contributed by atoms with Crippen molar-refractivity contribution >= 4 is 16.6 Å². The number of rotatable bonds is 8. The Labute approximate surface area is 207 Å². The fraction of sp³-hybridized carbons (Fsp3) is 0.346. The summed E-state index contributed by atoms with van der Waals surface area (Å²) in [5.74, 6) is 0.415. The molecule has 4 aromatic rings. The van der Waals surface area contributed by atoms with Gasteiger partial charge in [-0.1, -0.05) is 0 Å². The van der Waals surface area contributed by atoms with Crippen molar-refractivity contribution in [1.82, 2.24) is 34.9 Å². The number of hydrogen-bond acceptors (Lipinski definition) is 8. The molecule has 0 bridgehead atoms. The summed E-state index contributed by atoms with van der Waals surface area (Å²) in [7, 11) is 0. The highest BCUT2D eigenvalue weighted by atomic mass is 19.1. The lowest BCUT2D eigenvalue weighted by atomic mass is 10.0. The molecule has 10 heteroatoms. The molecule has 1 N–H and O–H groups in total. The van der Waals surface area contributed by atoms with Crippen molar-refractivity contribution < 1.29 is 13.9 Å². The minimum atomic E-state index is -0.363. The van der Waals surface area contributed by atoms with E-state index in [1.165, 1.54) is 0 Å². The Kier molecular flexibility index (Phi) is 6.12. The zero-order valence-electron chi connectivity index (χ0n) is 19.7. The van der Waals surface area contributed by atoms with Gasteiger partial charge < -0.3 is 10.1 Å². The van der Waals surface area contributed by atoms with Gasteiger partial charge in [-0.3, -0.25) is 24.3 Å². The normalized spacial score (nSPS) is 16.0. The number of carbonyl (C=O) groups excluding carboxylic acids is 1. The number of ketones is 1. The Hall–Kier alpha value is -3.76. The third kappa shape index (κ3) is 4.57. The number of alkyl halides is 1. The quantitative estimate of drug-likeness (QED) is 0.379. The van der Waals surface area contributed by atoms with E-state index >= 15 is 0 Å². The van der Waals surface area contributed by atoms with E-state index in [1.807, 2.05) is 23.0 Å². The fourth-order valence-electron chi connectivity index (χ4n) is 4.58. The average Bonchev–Trinajstić information content (AvgIpc) is 3.29. The second-order valence-corrected chi connectivity index (χ2v) is 9.17. The molecule has 9 nitrogen and oxygen atoms in total. The van der Waals surface area contributed by atoms with E-state index in [0.29, 0.717) is 30.2 Å². The van der Waals surface area contributed by atoms with E-state index < -0.39 is 0 Å². The van der Waals surface area contributed by atoms with Crippen LogP contribution in [0.3, 0.4) is 0 Å². The highest BCUT2D eigenvalue weighted by Gasteiger charge is 2.22. The van der Waals surface area contributed by atoms with Crippen LogP contribution in [0.2, 0.25) is 0 Å². The van der Waals surface area contributed by atoms with Crippen molar-refractivity contribution in [1.29, 1.82) is 0 Å². The maximum atomic E-state index is 13.0. The van der Waals surface area contributed by atoms with Crippen molar-refractivity contribution in [3.05, 3.63) is 66.0 Å². The second-order valence-electron chi connectivity index (χ2n) is 9.17. The SMILES string of the molecule is O=C(Cc1cc2cc(-c3cnn4c3CN(CCF)CC4)ncc2cn1)c1ccnc(OC2CNC2)c1. The van der Waals surface area contributed by atoms with Gasteiger partial charge in [0.1, 0.15) is 12.8 Å². The van der Waals surface area contributed by atoms with Crippen LogP contribution in [0.4, 0.5) is 4.39 Å². The van der Waals surface area contributed by atoms with Gasteiger partial charge in [0.2, 0.25) is 5.88 Å². The molecule has 1 fully saturated rings. The molecule has 0 aromatic carbocycles. The Morgan fingerprint density at radius 2 is 1.97 bits per heavy atom. The van der Waals surface area contributed by atoms with Crippen molar-refractivity contribution in [2.75, 3.05) is 32.9 Å². The highest BCUT2D eigenvalue weighted by molar-refractivity contribution is 5.98. The van der Waals surface area contributed by atoms with Gasteiger partial charge in [-0.25, -0.2) is 9.37 Å². The summed E-state index contributed by atoms with van der Waals surface area (Å²) >= 11 is 0. The first-order chi connectivity index (χ1) is 17.7. The van der Waals surface area contributed by atoms with Crippen LogP contribution >= 0.6 is 0 Å². The zero-order chi connectivity index (χ0) is 24.5. The second kappa shape index (κ2) is 9.71. The van der Waals surface area contributed by atoms with E-state index in [9.17, 15) is 9.18 Å². The van der Waals surface area contributed by atoms with Crippen LogP contribution in [0.1, 0.15) is 21.7 Å². The fourth-order valence-corrected chi connectivity index (χ4v) is 4.58. The summed E-state index contributed by atoms with van der Waals surface area (Å²) in [5.41, 5.74) is 4.02. The Bertz CT molecular complexity index is 1420. The van der Waals surface area contributed by atoms with Crippen molar-refractivity contribution in [2.45, 2.75) is 25.6 Å². The van der Waals surface area contributed by atoms with Crippen molar-refractivity contribution in [3.63, 3.8) is 0 Å². The smallest absolute Gasteiger partial charge is 0.214 e. The molecule has 0 saturated carbocycles. The van der Waals surface area contributed by atoms with Gasteiger partial charge in [-0.2, -0.15) is 5.10 Å². The zero-order valence-corrected chi connectivity index (χ0v) is 19.7. The van der Waals surface area contributed by atoms with Crippen LogP contribution in [0.5, 0.6) is 5.88 Å². The summed E-state index contributed by atoms with van der Waals surface area (Å²) in [4.78, 5) is 28.4. The number of fused-ring (bicyclic) bond motifs is 2. The van der Waals surface area contributed by atoms with E-state index in [2.05, 4.69) is 30.3 Å². The largest absolute Gasteiger partial charge is 0.472 e. The predicted octanol–water partition coefficient (Wildman–Crippen LogP) is 2.45. The van der Waals surface area contributed by atoms with E-state index in [-0.39, 0.29) is 25.0 Å². The van der Waals surface area contributed by atoms with Crippen LogP contribution in [0.15, 0.2) is 49.1 Å². The number of pyridine rings is 3. The van der Waals surface area contributed by atoms with Crippen molar-refractivity contribution in [2.24, 2.45) is 0 Å². The Morgan fingerprint density at radius 1 is 1.08 bits per heavy atom. The molecule has 4 aromatic heterocycles. The number of aromatic nitrogens is 5. The number of hydrogen-bond donors (Lipinski definition) is 1. The lowest BCUT2D eigenvalue weighted by Gasteiger charge is -2.27. The summed E-state index contributed by atoms with van der Waals surface area (Å²) in [6, 6.07) is 7.33. The van der Waals surface area contributed by atoms with Gasteiger partial charge in [0.25, 0.3) is 0 Å². The van der Waals surface area contributed by atoms with Crippen LogP contribution in [0.25, 0.3) is 22.0 Å². The Morgan fingerprint density at radius 3 is 2.81 bits per heavy atom. The molecule has 36 heavy (non-hydrogen) atoms. The number of carbonyl (C=O) groups is 1. The minimum absolute atomic E-state index is 0.0474. The molecule has 0 unspecified atom stereocenters. The molecule has 2 aliphatic heterocycles. The van der Waals surface area contributed by atoms with E-state index in [1.54, 1.807) is 30.7 Å². The lowest BCUT2D eigenvalue weighted by Crippen LogP contribution is -2.50. The first-order valence-corrected chi connectivity index (χ1v) is 12.1. The Balaban J connectivity index is 1.23. The van der Waals surface area contributed by atoms with Crippen LogP contribution in [-0.2, 0) is 19.5 Å². The summed E-state index contributed by atoms with van der Waals surface area (Å²) in [5, 5.41) is 9.50. The first kappa shape index (κ1) is 22.7. The number of Topliss-reactive ketones (excluding diaryl/α,β-unsaturated/α-hetero) is 1. The molecular weight excluding hydrogens is 461 g/mol. The molecule has 184 valence electrons. The highest BCUT2D eigenvalue weighted by Crippen LogP contribution is 2.28. The molecule has 6 heterocycles. The van der Waals surface area contributed by atoms with E-state index in [4.69, 9.17) is 4.74 Å². The van der Waals surface area contributed by atoms with Gasteiger partial charge in [-0.15, -0.1) is 0 Å². The van der Waals surface area contributed by atoms with Gasteiger partial charge in [-0.05, 0) is 23.6 Å². The molecule has 2 aliphatic rings. The minimum Gasteiger partial charge on any atom is -0.472 e. The summed E-state index contributed by atoms with van der Waals surface area (Å²) in [6.07, 6.45) is 7.23. The summed E-state index contributed by atoms with van der Waals surface area (Å²) < 4.78 is 20.6. The van der Waals surface area contributed by atoms with E-state index in [0.717, 1.165) is 53.9 Å². The van der Waals surface area contributed by atoms with Crippen LogP contribution in [-0.4, -0.2) is 74.4 Å². The van der Waals surface area contributed by atoms with Crippen LogP contribution in [0, 0.1) is 0 Å². The molecule has 6 rings (SSSR count). The predicted molar refractivity (Wildman–Crippen MR) is 132 cm³/mol. The number of nitrogens with zero attached hydrogens (tertiary/aromatic N) is 6. The molecule has 0 aliphatic carbocycles. The number of nitrogens with one attached hydrogen (secondary N) is 1. The number of halogens is 1. The standard InChI is InChI=1S/C26H26FN7O2/c27-2-4-33-5-6-34-24(16-33)22(15-32-34)23-8-18-7-20(30-11-19(18)12-31-23)10-25(35)17-1-3-29-26(9-17)36-21-13-28-14-21/h1,3,7-9,11-12,15,21,28H,2,4-6,10,13-14,16H2. The van der Waals surface area contributed by atoms with Gasteiger partial charge in [0.05, 0.1) is 30.6 Å². The third-order valence-electron chi connectivity index (χ3n) is 6.72. The molecule has 0 atom stereocenters. The molecule has 0 amide bonds.